The van der Waals surface area contributed by atoms with Crippen LogP contribution in [0, 0.1) is 19.7 Å². The third-order valence-corrected chi connectivity index (χ3v) is 3.53. The zero-order valence-electron chi connectivity index (χ0n) is 13.7. The lowest BCUT2D eigenvalue weighted by Gasteiger charge is -2.05. The van der Waals surface area contributed by atoms with Crippen LogP contribution in [0.4, 0.5) is 10.1 Å². The molecule has 0 spiro atoms. The summed E-state index contributed by atoms with van der Waals surface area (Å²) in [6, 6.07) is 9.54. The first-order valence-corrected chi connectivity index (χ1v) is 7.58. The lowest BCUT2D eigenvalue weighted by Crippen LogP contribution is -2.08. The van der Waals surface area contributed by atoms with Gasteiger partial charge in [0, 0.05) is 5.39 Å². The van der Waals surface area contributed by atoms with Crippen molar-refractivity contribution >= 4 is 22.5 Å². The Morgan fingerprint density at radius 3 is 2.64 bits per heavy atom. The molecule has 0 aliphatic carbocycles. The van der Waals surface area contributed by atoms with E-state index in [0.29, 0.717) is 16.7 Å². The molecule has 0 fully saturated rings. The maximum atomic E-state index is 13.3. The molecule has 0 aliphatic heterocycles. The van der Waals surface area contributed by atoms with Gasteiger partial charge in [0.25, 0.3) is 0 Å². The zero-order valence-corrected chi connectivity index (χ0v) is 13.7. The molecular weight excluding hydrogens is 325 g/mol. The summed E-state index contributed by atoms with van der Waals surface area (Å²) in [6.07, 6.45) is 0. The van der Waals surface area contributed by atoms with E-state index in [0.717, 1.165) is 11.1 Å². The van der Waals surface area contributed by atoms with E-state index in [2.05, 4.69) is 15.2 Å². The van der Waals surface area contributed by atoms with Crippen LogP contribution in [0.5, 0.6) is 11.6 Å². The second-order valence-corrected chi connectivity index (χ2v) is 5.72. The molecule has 2 aromatic carbocycles. The van der Waals surface area contributed by atoms with Crippen molar-refractivity contribution in [3.8, 4) is 11.6 Å². The number of nitrogens with one attached hydrogen (secondary N) is 1. The van der Waals surface area contributed by atoms with Gasteiger partial charge >= 0.3 is 5.91 Å². The maximum absolute atomic E-state index is 13.3. The monoisotopic (exact) mass is 341 g/mol. The van der Waals surface area contributed by atoms with Gasteiger partial charge in [0.2, 0.25) is 5.88 Å². The number of rotatable bonds is 4. The highest BCUT2D eigenvalue weighted by Gasteiger charge is 2.12. The second kappa shape index (κ2) is 6.72. The number of hydrogen-bond donors (Lipinski definition) is 2. The number of aromatic nitrogens is 1. The molecule has 0 saturated carbocycles. The Morgan fingerprint density at radius 1 is 1.20 bits per heavy atom. The largest absolute Gasteiger partial charge is 0.493 e. The van der Waals surface area contributed by atoms with E-state index >= 15 is 0 Å². The minimum absolute atomic E-state index is 0.00856. The highest BCUT2D eigenvalue weighted by molar-refractivity contribution is 5.94. The summed E-state index contributed by atoms with van der Waals surface area (Å²) in [5.41, 5.74) is 2.55. The van der Waals surface area contributed by atoms with Crippen molar-refractivity contribution < 1.29 is 19.0 Å². The molecule has 128 valence electrons. The van der Waals surface area contributed by atoms with Crippen molar-refractivity contribution in [3.63, 3.8) is 0 Å². The summed E-state index contributed by atoms with van der Waals surface area (Å²) in [4.78, 5) is 14.5. The molecule has 2 N–H and O–H groups in total. The van der Waals surface area contributed by atoms with Gasteiger partial charge in [-0.15, -0.1) is 10.2 Å². The number of aryl methyl sites for hydroxylation is 2. The second-order valence-electron chi connectivity index (χ2n) is 5.72. The average Bonchev–Trinajstić information content (AvgIpc) is 2.85. The number of fused-ring (bicyclic) bond motifs is 1. The van der Waals surface area contributed by atoms with Crippen LogP contribution in [-0.4, -0.2) is 22.6 Å². The first-order chi connectivity index (χ1) is 11.9. The molecule has 3 rings (SSSR count). The van der Waals surface area contributed by atoms with Crippen LogP contribution in [0.3, 0.4) is 0 Å². The fourth-order valence-electron chi connectivity index (χ4n) is 2.53. The molecule has 0 bridgehead atoms. The van der Waals surface area contributed by atoms with Crippen molar-refractivity contribution in [2.24, 2.45) is 10.2 Å². The van der Waals surface area contributed by atoms with E-state index in [-0.39, 0.29) is 18.2 Å². The fourth-order valence-corrected chi connectivity index (χ4v) is 2.53. The Labute approximate surface area is 143 Å². The number of carbonyl (C=O) groups is 1. The lowest BCUT2D eigenvalue weighted by atomic mass is 10.1. The van der Waals surface area contributed by atoms with Crippen molar-refractivity contribution in [2.45, 2.75) is 13.8 Å². The smallest absolute Gasteiger partial charge is 0.302 e. The molecule has 0 unspecified atom stereocenters. The molecule has 1 amide bonds. The summed E-state index contributed by atoms with van der Waals surface area (Å²) in [5.74, 6) is -0.817. The lowest BCUT2D eigenvalue weighted by molar-refractivity contribution is -0.120. The third kappa shape index (κ3) is 3.82. The number of aromatic hydroxyl groups is 1. The maximum Gasteiger partial charge on any atom is 0.302 e. The van der Waals surface area contributed by atoms with Crippen LogP contribution in [0.1, 0.15) is 11.1 Å². The van der Waals surface area contributed by atoms with Gasteiger partial charge in [-0.25, -0.2) is 4.39 Å². The first kappa shape index (κ1) is 16.6. The number of azo groups is 1. The van der Waals surface area contributed by atoms with Gasteiger partial charge in [0.15, 0.2) is 12.3 Å². The van der Waals surface area contributed by atoms with Crippen LogP contribution in [0.25, 0.3) is 10.9 Å². The summed E-state index contributed by atoms with van der Waals surface area (Å²) >= 11 is 0. The van der Waals surface area contributed by atoms with E-state index in [9.17, 15) is 14.3 Å². The van der Waals surface area contributed by atoms with Gasteiger partial charge in [0.1, 0.15) is 11.6 Å². The van der Waals surface area contributed by atoms with Crippen LogP contribution < -0.4 is 4.74 Å². The molecule has 6 nitrogen and oxygen atoms in total. The molecule has 0 saturated heterocycles. The summed E-state index contributed by atoms with van der Waals surface area (Å²) in [7, 11) is 0. The minimum Gasteiger partial charge on any atom is -0.493 e. The number of H-pyrrole nitrogens is 1. The Morgan fingerprint density at radius 2 is 1.92 bits per heavy atom. The quantitative estimate of drug-likeness (QED) is 0.693. The van der Waals surface area contributed by atoms with E-state index in [1.165, 1.54) is 18.2 Å². The SMILES string of the molecule is Cc1cc(C)cc(OCC(=O)N=Nc2c(O)[nH]c3ccc(F)cc23)c1. The normalized spacial score (nSPS) is 11.3. The van der Waals surface area contributed by atoms with Gasteiger partial charge in [-0.05, 0) is 55.3 Å². The van der Waals surface area contributed by atoms with Crippen LogP contribution in [0.2, 0.25) is 0 Å². The number of halogens is 1. The summed E-state index contributed by atoms with van der Waals surface area (Å²) < 4.78 is 18.7. The van der Waals surface area contributed by atoms with Crippen LogP contribution in [0.15, 0.2) is 46.6 Å². The first-order valence-electron chi connectivity index (χ1n) is 7.58. The Balaban J connectivity index is 1.72. The molecular formula is C18H16FN3O3. The Hall–Kier alpha value is -3.22. The molecule has 25 heavy (non-hydrogen) atoms. The molecule has 0 aliphatic rings. The molecule has 3 aromatic rings. The number of carbonyl (C=O) groups excluding carboxylic acids is 1. The predicted octanol–water partition coefficient (Wildman–Crippen LogP) is 4.32. The number of aromatic amines is 1. The average molecular weight is 341 g/mol. The number of benzene rings is 2. The topological polar surface area (TPSA) is 87.0 Å². The van der Waals surface area contributed by atoms with Crippen molar-refractivity contribution in [1.29, 1.82) is 0 Å². The van der Waals surface area contributed by atoms with Crippen molar-refractivity contribution in [1.82, 2.24) is 4.98 Å². The van der Waals surface area contributed by atoms with E-state index in [4.69, 9.17) is 4.74 Å². The number of amides is 1. The molecule has 1 aromatic heterocycles. The summed E-state index contributed by atoms with van der Waals surface area (Å²) in [5, 5.41) is 17.4. The molecule has 1 heterocycles. The fraction of sp³-hybridized carbons (Fsp3) is 0.167. The molecule has 0 atom stereocenters. The van der Waals surface area contributed by atoms with Gasteiger partial charge in [-0.2, -0.15) is 0 Å². The number of nitrogens with zero attached hydrogens (tertiary/aromatic N) is 2. The van der Waals surface area contributed by atoms with E-state index in [1.54, 1.807) is 0 Å². The van der Waals surface area contributed by atoms with Crippen molar-refractivity contribution in [2.75, 3.05) is 6.61 Å². The number of hydrogen-bond acceptors (Lipinski definition) is 4. The van der Waals surface area contributed by atoms with Gasteiger partial charge in [-0.3, -0.25) is 4.79 Å². The van der Waals surface area contributed by atoms with Crippen molar-refractivity contribution in [3.05, 3.63) is 53.3 Å². The minimum atomic E-state index is -0.621. The Bertz CT molecular complexity index is 959. The standard InChI is InChI=1S/C18H16FN3O3/c1-10-5-11(2)7-13(6-10)25-9-16(23)21-22-17-14-8-12(19)3-4-15(14)20-18(17)24/h3-8,20,24H,9H2,1-2H3. The van der Waals surface area contributed by atoms with Gasteiger partial charge < -0.3 is 14.8 Å². The highest BCUT2D eigenvalue weighted by Crippen LogP contribution is 2.35. The van der Waals surface area contributed by atoms with Gasteiger partial charge in [-0.1, -0.05) is 6.07 Å². The zero-order chi connectivity index (χ0) is 18.0. The Kier molecular flexibility index (Phi) is 4.47. The summed E-state index contributed by atoms with van der Waals surface area (Å²) in [6.45, 7) is 3.57. The van der Waals surface area contributed by atoms with E-state index < -0.39 is 11.7 Å². The molecule has 7 heteroatoms. The highest BCUT2D eigenvalue weighted by atomic mass is 19.1. The van der Waals surface area contributed by atoms with E-state index in [1.807, 2.05) is 32.0 Å². The van der Waals surface area contributed by atoms with Crippen LogP contribution in [-0.2, 0) is 4.79 Å². The molecule has 0 radical (unpaired) electrons. The predicted molar refractivity (Wildman–Crippen MR) is 90.9 cm³/mol. The third-order valence-electron chi connectivity index (χ3n) is 3.53. The number of ether oxygens (including phenoxy) is 1. The van der Waals surface area contributed by atoms with Gasteiger partial charge in [0.05, 0.1) is 5.52 Å². The van der Waals surface area contributed by atoms with Crippen LogP contribution >= 0.6 is 0 Å².